The van der Waals surface area contributed by atoms with Gasteiger partial charge < -0.3 is 14.7 Å². The Morgan fingerprint density at radius 1 is 1.04 bits per heavy atom. The van der Waals surface area contributed by atoms with Crippen molar-refractivity contribution in [3.8, 4) is 5.75 Å². The van der Waals surface area contributed by atoms with E-state index in [1.807, 2.05) is 61.5 Å². The zero-order chi connectivity index (χ0) is 16.5. The monoisotopic (exact) mass is 313 g/mol. The normalized spacial score (nSPS) is 10.3. The molecule has 1 amide bonds. The number of ether oxygens (including phenoxy) is 1. The first-order valence-electron chi connectivity index (χ1n) is 7.87. The fourth-order valence-electron chi connectivity index (χ4n) is 2.37. The maximum absolute atomic E-state index is 12.5. The molecule has 2 aromatic rings. The number of carbonyl (C=O) groups excluding carboxylic acids is 1. The predicted molar refractivity (Wildman–Crippen MR) is 90.3 cm³/mol. The molecule has 0 saturated carbocycles. The van der Waals surface area contributed by atoms with Gasteiger partial charge in [-0.3, -0.25) is 4.79 Å². The van der Waals surface area contributed by atoms with Gasteiger partial charge in [-0.15, -0.1) is 0 Å². The van der Waals surface area contributed by atoms with Gasteiger partial charge in [-0.1, -0.05) is 42.5 Å². The molecule has 0 aliphatic rings. The van der Waals surface area contributed by atoms with E-state index in [1.54, 1.807) is 4.90 Å². The van der Waals surface area contributed by atoms with Gasteiger partial charge in [0.25, 0.3) is 0 Å². The summed E-state index contributed by atoms with van der Waals surface area (Å²) in [6.45, 7) is 3.37. The Kier molecular flexibility index (Phi) is 6.63. The molecule has 0 fully saturated rings. The van der Waals surface area contributed by atoms with Crippen LogP contribution in [0.3, 0.4) is 0 Å². The number of amides is 1. The van der Waals surface area contributed by atoms with Crippen LogP contribution < -0.4 is 4.74 Å². The molecule has 4 nitrogen and oxygen atoms in total. The van der Waals surface area contributed by atoms with Crippen molar-refractivity contribution in [3.05, 3.63) is 65.7 Å². The van der Waals surface area contributed by atoms with E-state index in [0.717, 1.165) is 16.9 Å². The summed E-state index contributed by atoms with van der Waals surface area (Å²) in [5, 5.41) is 9.21. The van der Waals surface area contributed by atoms with E-state index < -0.39 is 0 Å². The topological polar surface area (TPSA) is 49.8 Å². The Bertz CT molecular complexity index is 596. The molecule has 4 heteroatoms. The molecule has 0 bridgehead atoms. The lowest BCUT2D eigenvalue weighted by Gasteiger charge is -2.22. The third-order valence-corrected chi connectivity index (χ3v) is 3.53. The van der Waals surface area contributed by atoms with Crippen molar-refractivity contribution in [2.45, 2.75) is 19.9 Å². The highest BCUT2D eigenvalue weighted by Crippen LogP contribution is 2.14. The summed E-state index contributed by atoms with van der Waals surface area (Å²) >= 11 is 0. The smallest absolute Gasteiger partial charge is 0.227 e. The minimum absolute atomic E-state index is 0.00654. The molecule has 0 atom stereocenters. The minimum Gasteiger partial charge on any atom is -0.494 e. The fourth-order valence-corrected chi connectivity index (χ4v) is 2.37. The van der Waals surface area contributed by atoms with Crippen molar-refractivity contribution in [3.63, 3.8) is 0 Å². The molecule has 122 valence electrons. The van der Waals surface area contributed by atoms with Crippen LogP contribution in [0.1, 0.15) is 18.1 Å². The maximum atomic E-state index is 12.5. The zero-order valence-corrected chi connectivity index (χ0v) is 13.4. The van der Waals surface area contributed by atoms with Gasteiger partial charge in [0.15, 0.2) is 0 Å². The second kappa shape index (κ2) is 8.96. The molecular weight excluding hydrogens is 290 g/mol. The van der Waals surface area contributed by atoms with Crippen molar-refractivity contribution in [2.24, 2.45) is 0 Å². The molecule has 0 spiro atoms. The first-order valence-corrected chi connectivity index (χ1v) is 7.87. The SMILES string of the molecule is CCOc1ccc(CC(=O)N(CCO)Cc2ccccc2)cc1. The Hall–Kier alpha value is -2.33. The van der Waals surface area contributed by atoms with E-state index in [-0.39, 0.29) is 12.5 Å². The van der Waals surface area contributed by atoms with E-state index >= 15 is 0 Å². The van der Waals surface area contributed by atoms with Crippen LogP contribution in [0.2, 0.25) is 0 Å². The van der Waals surface area contributed by atoms with E-state index in [4.69, 9.17) is 4.74 Å². The molecule has 2 rings (SSSR count). The van der Waals surface area contributed by atoms with Gasteiger partial charge in [0.2, 0.25) is 5.91 Å². The molecule has 23 heavy (non-hydrogen) atoms. The summed E-state index contributed by atoms with van der Waals surface area (Å²) in [7, 11) is 0. The van der Waals surface area contributed by atoms with Gasteiger partial charge >= 0.3 is 0 Å². The highest BCUT2D eigenvalue weighted by molar-refractivity contribution is 5.78. The number of hydrogen-bond acceptors (Lipinski definition) is 3. The Morgan fingerprint density at radius 2 is 1.74 bits per heavy atom. The van der Waals surface area contributed by atoms with Crippen LogP contribution in [0.25, 0.3) is 0 Å². The van der Waals surface area contributed by atoms with E-state index in [2.05, 4.69) is 0 Å². The summed E-state index contributed by atoms with van der Waals surface area (Å²) in [6.07, 6.45) is 0.319. The summed E-state index contributed by atoms with van der Waals surface area (Å²) < 4.78 is 5.40. The fraction of sp³-hybridized carbons (Fsp3) is 0.316. The second-order valence-electron chi connectivity index (χ2n) is 5.28. The van der Waals surface area contributed by atoms with Crippen LogP contribution in [-0.4, -0.2) is 35.7 Å². The molecule has 0 radical (unpaired) electrons. The first kappa shape index (κ1) is 17.0. The number of hydrogen-bond donors (Lipinski definition) is 1. The number of carbonyl (C=O) groups is 1. The molecule has 0 saturated heterocycles. The van der Waals surface area contributed by atoms with Crippen LogP contribution >= 0.6 is 0 Å². The van der Waals surface area contributed by atoms with Gasteiger partial charge in [-0.05, 0) is 30.2 Å². The highest BCUT2D eigenvalue weighted by Gasteiger charge is 2.14. The molecule has 0 unspecified atom stereocenters. The molecule has 2 aromatic carbocycles. The van der Waals surface area contributed by atoms with Gasteiger partial charge in [0.1, 0.15) is 5.75 Å². The lowest BCUT2D eigenvalue weighted by atomic mass is 10.1. The number of benzene rings is 2. The Morgan fingerprint density at radius 3 is 2.35 bits per heavy atom. The molecular formula is C19H23NO3. The van der Waals surface area contributed by atoms with E-state index in [1.165, 1.54) is 0 Å². The van der Waals surface area contributed by atoms with Crippen molar-refractivity contribution < 1.29 is 14.6 Å². The quantitative estimate of drug-likeness (QED) is 0.815. The van der Waals surface area contributed by atoms with Crippen LogP contribution in [0.4, 0.5) is 0 Å². The van der Waals surface area contributed by atoms with Gasteiger partial charge in [-0.25, -0.2) is 0 Å². The van der Waals surface area contributed by atoms with Gasteiger partial charge in [0, 0.05) is 13.1 Å². The molecule has 0 aliphatic heterocycles. The number of nitrogens with zero attached hydrogens (tertiary/aromatic N) is 1. The van der Waals surface area contributed by atoms with Crippen molar-refractivity contribution in [1.82, 2.24) is 4.90 Å². The molecule has 0 aliphatic carbocycles. The molecule has 0 aromatic heterocycles. The predicted octanol–water partition coefficient (Wildman–Crippen LogP) is 2.65. The Labute approximate surface area is 137 Å². The van der Waals surface area contributed by atoms with Crippen LogP contribution in [0.15, 0.2) is 54.6 Å². The van der Waals surface area contributed by atoms with Crippen molar-refractivity contribution in [1.29, 1.82) is 0 Å². The van der Waals surface area contributed by atoms with Crippen LogP contribution in [0, 0.1) is 0 Å². The number of aliphatic hydroxyl groups excluding tert-OH is 1. The van der Waals surface area contributed by atoms with Crippen LogP contribution in [-0.2, 0) is 17.8 Å². The third-order valence-electron chi connectivity index (χ3n) is 3.53. The summed E-state index contributed by atoms with van der Waals surface area (Å²) in [4.78, 5) is 14.2. The third kappa shape index (κ3) is 5.42. The van der Waals surface area contributed by atoms with Gasteiger partial charge in [0.05, 0.1) is 19.6 Å². The van der Waals surface area contributed by atoms with Crippen molar-refractivity contribution >= 4 is 5.91 Å². The zero-order valence-electron chi connectivity index (χ0n) is 13.4. The molecule has 0 heterocycles. The lowest BCUT2D eigenvalue weighted by Crippen LogP contribution is -2.34. The number of rotatable bonds is 8. The summed E-state index contributed by atoms with van der Waals surface area (Å²) in [5.74, 6) is 0.812. The largest absolute Gasteiger partial charge is 0.494 e. The van der Waals surface area contributed by atoms with Crippen molar-refractivity contribution in [2.75, 3.05) is 19.8 Å². The average Bonchev–Trinajstić information content (AvgIpc) is 2.57. The average molecular weight is 313 g/mol. The van der Waals surface area contributed by atoms with Gasteiger partial charge in [-0.2, -0.15) is 0 Å². The summed E-state index contributed by atoms with van der Waals surface area (Å²) in [6, 6.07) is 17.4. The van der Waals surface area contributed by atoms with Crippen LogP contribution in [0.5, 0.6) is 5.75 Å². The lowest BCUT2D eigenvalue weighted by molar-refractivity contribution is -0.131. The first-order chi connectivity index (χ1) is 11.2. The van der Waals surface area contributed by atoms with E-state index in [0.29, 0.717) is 26.1 Å². The highest BCUT2D eigenvalue weighted by atomic mass is 16.5. The standard InChI is InChI=1S/C19H23NO3/c1-2-23-18-10-8-16(9-11-18)14-19(22)20(12-13-21)15-17-6-4-3-5-7-17/h3-11,21H,2,12-15H2,1H3. The van der Waals surface area contributed by atoms with E-state index in [9.17, 15) is 9.90 Å². The Balaban J connectivity index is 1.99. The second-order valence-corrected chi connectivity index (χ2v) is 5.28. The number of aliphatic hydroxyl groups is 1. The summed E-state index contributed by atoms with van der Waals surface area (Å²) in [5.41, 5.74) is 2.00. The maximum Gasteiger partial charge on any atom is 0.227 e. The molecule has 1 N–H and O–H groups in total. The minimum atomic E-state index is -0.0398.